The molecule has 0 saturated heterocycles. The number of rotatable bonds is 8. The SMILES string of the molecule is CC(CCS(C)=O)NC(=O)NCCC(O)C(=O)O. The molecule has 0 aromatic rings. The molecular weight excluding hydrogens is 260 g/mol. The Morgan fingerprint density at radius 2 is 1.94 bits per heavy atom. The van der Waals surface area contributed by atoms with E-state index in [-0.39, 0.29) is 19.0 Å². The van der Waals surface area contributed by atoms with E-state index in [1.54, 1.807) is 13.2 Å². The summed E-state index contributed by atoms with van der Waals surface area (Å²) in [6.45, 7) is 1.87. The lowest BCUT2D eigenvalue weighted by atomic mass is 10.2. The van der Waals surface area contributed by atoms with Gasteiger partial charge in [-0.25, -0.2) is 9.59 Å². The molecule has 0 fully saturated rings. The topological polar surface area (TPSA) is 116 Å². The first-order valence-corrected chi connectivity index (χ1v) is 7.31. The maximum absolute atomic E-state index is 11.3. The number of carboxylic acid groups (broad SMARTS) is 1. The first kappa shape index (κ1) is 16.9. The number of carbonyl (C=O) groups excluding carboxylic acids is 1. The van der Waals surface area contributed by atoms with Gasteiger partial charge >= 0.3 is 12.0 Å². The molecule has 0 aliphatic rings. The molecule has 0 rings (SSSR count). The van der Waals surface area contributed by atoms with Gasteiger partial charge in [0.15, 0.2) is 6.10 Å². The Labute approximate surface area is 108 Å². The summed E-state index contributed by atoms with van der Waals surface area (Å²) in [5.74, 6) is -0.796. The molecule has 0 bridgehead atoms. The van der Waals surface area contributed by atoms with Crippen LogP contribution in [0.15, 0.2) is 0 Å². The average Bonchev–Trinajstić information content (AvgIpc) is 2.25. The summed E-state index contributed by atoms with van der Waals surface area (Å²) in [7, 11) is -0.888. The molecule has 2 amide bonds. The van der Waals surface area contributed by atoms with Gasteiger partial charge in [-0.2, -0.15) is 0 Å². The highest BCUT2D eigenvalue weighted by molar-refractivity contribution is 7.84. The highest BCUT2D eigenvalue weighted by atomic mass is 32.2. The lowest BCUT2D eigenvalue weighted by molar-refractivity contribution is -0.146. The van der Waals surface area contributed by atoms with Crippen LogP contribution in [0.25, 0.3) is 0 Å². The van der Waals surface area contributed by atoms with Crippen molar-refractivity contribution in [1.29, 1.82) is 0 Å². The summed E-state index contributed by atoms with van der Waals surface area (Å²) in [4.78, 5) is 21.6. The van der Waals surface area contributed by atoms with Gasteiger partial charge in [-0.1, -0.05) is 0 Å². The molecule has 0 aliphatic carbocycles. The Bertz CT molecular complexity index is 311. The minimum Gasteiger partial charge on any atom is -0.479 e. The van der Waals surface area contributed by atoms with Crippen molar-refractivity contribution >= 4 is 22.8 Å². The van der Waals surface area contributed by atoms with E-state index in [0.29, 0.717) is 12.2 Å². The van der Waals surface area contributed by atoms with Crippen LogP contribution in [0.2, 0.25) is 0 Å². The molecule has 4 N–H and O–H groups in total. The minimum atomic E-state index is -1.47. The Morgan fingerprint density at radius 1 is 1.33 bits per heavy atom. The van der Waals surface area contributed by atoms with Crippen molar-refractivity contribution in [3.05, 3.63) is 0 Å². The van der Waals surface area contributed by atoms with Gasteiger partial charge in [0.25, 0.3) is 0 Å². The van der Waals surface area contributed by atoms with E-state index in [9.17, 15) is 13.8 Å². The quantitative estimate of drug-likeness (QED) is 0.468. The maximum atomic E-state index is 11.3. The van der Waals surface area contributed by atoms with Gasteiger partial charge in [0.05, 0.1) is 0 Å². The summed E-state index contributed by atoms with van der Waals surface area (Å²) in [5.41, 5.74) is 0. The van der Waals surface area contributed by atoms with Crippen LogP contribution in [-0.2, 0) is 15.6 Å². The fourth-order valence-electron chi connectivity index (χ4n) is 1.14. The lowest BCUT2D eigenvalue weighted by Gasteiger charge is -2.14. The molecule has 7 nitrogen and oxygen atoms in total. The molecule has 0 radical (unpaired) electrons. The van der Waals surface area contributed by atoms with Crippen molar-refractivity contribution in [2.45, 2.75) is 31.9 Å². The van der Waals surface area contributed by atoms with E-state index >= 15 is 0 Å². The number of carboxylic acids is 1. The molecule has 0 aromatic carbocycles. The minimum absolute atomic E-state index is 0.0455. The van der Waals surface area contributed by atoms with Crippen molar-refractivity contribution < 1.29 is 24.0 Å². The largest absolute Gasteiger partial charge is 0.479 e. The number of urea groups is 1. The van der Waals surface area contributed by atoms with Crippen LogP contribution < -0.4 is 10.6 Å². The van der Waals surface area contributed by atoms with Crippen molar-refractivity contribution in [2.75, 3.05) is 18.6 Å². The molecule has 0 aromatic heterocycles. The molecular formula is C10H20N2O5S. The van der Waals surface area contributed by atoms with E-state index in [1.807, 2.05) is 0 Å². The van der Waals surface area contributed by atoms with Crippen LogP contribution in [0.4, 0.5) is 4.79 Å². The zero-order chi connectivity index (χ0) is 14.1. The predicted octanol–water partition coefficient (Wildman–Crippen LogP) is -0.722. The summed E-state index contributed by atoms with van der Waals surface area (Å²) in [6, 6.07) is -0.541. The monoisotopic (exact) mass is 280 g/mol. The van der Waals surface area contributed by atoms with Crippen LogP contribution in [-0.4, -0.2) is 57.1 Å². The molecule has 0 heterocycles. The zero-order valence-corrected chi connectivity index (χ0v) is 11.3. The smallest absolute Gasteiger partial charge is 0.332 e. The summed E-state index contributed by atoms with van der Waals surface area (Å²) >= 11 is 0. The fraction of sp³-hybridized carbons (Fsp3) is 0.800. The number of carbonyl (C=O) groups is 2. The standard InChI is InChI=1S/C10H20N2O5S/c1-7(4-6-18(2)17)12-10(16)11-5-3-8(13)9(14)15/h7-8,13H,3-6H2,1-2H3,(H,14,15)(H2,11,12,16). The van der Waals surface area contributed by atoms with Gasteiger partial charge in [0.2, 0.25) is 0 Å². The second kappa shape index (κ2) is 8.87. The number of hydrogen-bond donors (Lipinski definition) is 4. The molecule has 3 unspecified atom stereocenters. The van der Waals surface area contributed by atoms with E-state index in [4.69, 9.17) is 10.2 Å². The first-order valence-electron chi connectivity index (χ1n) is 5.58. The van der Waals surface area contributed by atoms with Crippen LogP contribution >= 0.6 is 0 Å². The van der Waals surface area contributed by atoms with E-state index in [0.717, 1.165) is 0 Å². The van der Waals surface area contributed by atoms with Crippen molar-refractivity contribution in [1.82, 2.24) is 10.6 Å². The van der Waals surface area contributed by atoms with Gasteiger partial charge in [0.1, 0.15) is 0 Å². The number of aliphatic hydroxyl groups is 1. The Balaban J connectivity index is 3.70. The van der Waals surface area contributed by atoms with Gasteiger partial charge in [0, 0.05) is 41.8 Å². The second-order valence-corrected chi connectivity index (χ2v) is 5.56. The molecule has 0 aliphatic heterocycles. The Morgan fingerprint density at radius 3 is 2.44 bits per heavy atom. The molecule has 0 saturated carbocycles. The first-order chi connectivity index (χ1) is 8.32. The molecule has 18 heavy (non-hydrogen) atoms. The number of nitrogens with one attached hydrogen (secondary N) is 2. The van der Waals surface area contributed by atoms with Crippen LogP contribution in [0, 0.1) is 0 Å². The van der Waals surface area contributed by atoms with Gasteiger partial charge in [-0.3, -0.25) is 4.21 Å². The average molecular weight is 280 g/mol. The summed E-state index contributed by atoms with van der Waals surface area (Å²) < 4.78 is 10.8. The number of amides is 2. The van der Waals surface area contributed by atoms with Crippen molar-refractivity contribution in [3.8, 4) is 0 Å². The number of aliphatic hydroxyl groups excluding tert-OH is 1. The highest BCUT2D eigenvalue weighted by Gasteiger charge is 2.13. The van der Waals surface area contributed by atoms with Gasteiger partial charge in [-0.05, 0) is 13.3 Å². The van der Waals surface area contributed by atoms with E-state index in [1.165, 1.54) is 0 Å². The molecule has 0 spiro atoms. The lowest BCUT2D eigenvalue weighted by Crippen LogP contribution is -2.42. The highest BCUT2D eigenvalue weighted by Crippen LogP contribution is 1.93. The predicted molar refractivity (Wildman–Crippen MR) is 67.8 cm³/mol. The Hall–Kier alpha value is -1.15. The molecule has 8 heteroatoms. The normalized spacial score (nSPS) is 15.5. The number of aliphatic carboxylic acids is 1. The molecule has 106 valence electrons. The third-order valence-electron chi connectivity index (χ3n) is 2.20. The van der Waals surface area contributed by atoms with Gasteiger partial charge < -0.3 is 20.8 Å². The Kier molecular flexibility index (Phi) is 8.30. The zero-order valence-electron chi connectivity index (χ0n) is 10.5. The van der Waals surface area contributed by atoms with Gasteiger partial charge in [-0.15, -0.1) is 0 Å². The third-order valence-corrected chi connectivity index (χ3v) is 3.01. The van der Waals surface area contributed by atoms with E-state index in [2.05, 4.69) is 10.6 Å². The fourth-order valence-corrected chi connectivity index (χ4v) is 1.82. The summed E-state index contributed by atoms with van der Waals surface area (Å²) in [5, 5.41) is 22.4. The molecule has 3 atom stereocenters. The maximum Gasteiger partial charge on any atom is 0.332 e. The number of hydrogen-bond acceptors (Lipinski definition) is 4. The second-order valence-electron chi connectivity index (χ2n) is 4.01. The third kappa shape index (κ3) is 8.94. The van der Waals surface area contributed by atoms with Crippen LogP contribution in [0.5, 0.6) is 0 Å². The van der Waals surface area contributed by atoms with E-state index < -0.39 is 28.9 Å². The summed E-state index contributed by atoms with van der Waals surface area (Å²) in [6.07, 6.45) is 0.690. The van der Waals surface area contributed by atoms with Crippen LogP contribution in [0.3, 0.4) is 0 Å². The van der Waals surface area contributed by atoms with Crippen LogP contribution in [0.1, 0.15) is 19.8 Å². The van der Waals surface area contributed by atoms with Crippen molar-refractivity contribution in [3.63, 3.8) is 0 Å². The van der Waals surface area contributed by atoms with Crippen molar-refractivity contribution in [2.24, 2.45) is 0 Å².